The lowest BCUT2D eigenvalue weighted by atomic mass is 10.1. The van der Waals surface area contributed by atoms with Gasteiger partial charge in [-0.2, -0.15) is 0 Å². The lowest BCUT2D eigenvalue weighted by Gasteiger charge is -2.14. The molecule has 4 nitrogen and oxygen atoms in total. The first-order chi connectivity index (χ1) is 8.06. The number of hydrogen-bond donors (Lipinski definition) is 2. The average Bonchev–Trinajstić information content (AvgIpc) is 2.28. The van der Waals surface area contributed by atoms with Gasteiger partial charge in [0.2, 0.25) is 0 Å². The Hall–Kier alpha value is -1.26. The van der Waals surface area contributed by atoms with E-state index in [1.54, 1.807) is 18.2 Å². The van der Waals surface area contributed by atoms with Crippen molar-refractivity contribution in [1.82, 2.24) is 10.2 Å². The van der Waals surface area contributed by atoms with E-state index in [1.165, 1.54) is 0 Å². The number of amides is 1. The molecular weight excluding hydrogens is 238 g/mol. The summed E-state index contributed by atoms with van der Waals surface area (Å²) in [5, 5.41) is 3.18. The van der Waals surface area contributed by atoms with Crippen molar-refractivity contribution in [3.05, 3.63) is 28.8 Å². The van der Waals surface area contributed by atoms with Crippen LogP contribution in [-0.2, 0) is 0 Å². The first kappa shape index (κ1) is 13.8. The number of carbonyl (C=O) groups excluding carboxylic acids is 1. The molecular formula is C12H18ClN3O. The van der Waals surface area contributed by atoms with Crippen molar-refractivity contribution < 1.29 is 4.79 Å². The molecule has 1 amide bonds. The maximum Gasteiger partial charge on any atom is 0.254 e. The number of hydrogen-bond acceptors (Lipinski definition) is 3. The number of nitrogens with two attached hydrogens (primary N) is 1. The molecule has 0 fully saturated rings. The molecule has 94 valence electrons. The number of anilines is 1. The van der Waals surface area contributed by atoms with Crippen LogP contribution in [0, 0.1) is 0 Å². The van der Waals surface area contributed by atoms with E-state index >= 15 is 0 Å². The number of likely N-dealkylation sites (N-methyl/N-ethyl adjacent to an activating group) is 1. The zero-order valence-corrected chi connectivity index (χ0v) is 10.9. The maximum absolute atomic E-state index is 11.9. The second kappa shape index (κ2) is 6.47. The number of nitrogens with zero attached hydrogens (tertiary/aromatic N) is 1. The van der Waals surface area contributed by atoms with Crippen LogP contribution in [0.5, 0.6) is 0 Å². The highest BCUT2D eigenvalue weighted by atomic mass is 35.5. The van der Waals surface area contributed by atoms with Crippen LogP contribution in [0.15, 0.2) is 18.2 Å². The van der Waals surface area contributed by atoms with E-state index < -0.39 is 0 Å². The van der Waals surface area contributed by atoms with Gasteiger partial charge in [-0.3, -0.25) is 4.79 Å². The lowest BCUT2D eigenvalue weighted by molar-refractivity contribution is 0.0951. The number of nitrogens with one attached hydrogen (secondary N) is 1. The zero-order valence-electron chi connectivity index (χ0n) is 10.2. The van der Waals surface area contributed by atoms with Gasteiger partial charge in [0.1, 0.15) is 0 Å². The topological polar surface area (TPSA) is 58.4 Å². The molecule has 3 N–H and O–H groups in total. The summed E-state index contributed by atoms with van der Waals surface area (Å²) in [5.41, 5.74) is 6.48. The second-order valence-electron chi connectivity index (χ2n) is 3.86. The minimum Gasteiger partial charge on any atom is -0.398 e. The summed E-state index contributed by atoms with van der Waals surface area (Å²) in [4.78, 5) is 14.0. The first-order valence-corrected chi connectivity index (χ1v) is 5.94. The van der Waals surface area contributed by atoms with Gasteiger partial charge in [0.15, 0.2) is 0 Å². The largest absolute Gasteiger partial charge is 0.398 e. The van der Waals surface area contributed by atoms with E-state index in [0.29, 0.717) is 22.8 Å². The van der Waals surface area contributed by atoms with E-state index in [1.807, 2.05) is 7.05 Å². The van der Waals surface area contributed by atoms with Gasteiger partial charge in [0.25, 0.3) is 5.91 Å². The van der Waals surface area contributed by atoms with Crippen molar-refractivity contribution in [2.45, 2.75) is 6.92 Å². The summed E-state index contributed by atoms with van der Waals surface area (Å²) < 4.78 is 0. The average molecular weight is 256 g/mol. The molecule has 0 bridgehead atoms. The monoisotopic (exact) mass is 255 g/mol. The van der Waals surface area contributed by atoms with Gasteiger partial charge < -0.3 is 16.0 Å². The van der Waals surface area contributed by atoms with E-state index in [9.17, 15) is 4.79 Å². The van der Waals surface area contributed by atoms with Gasteiger partial charge in [-0.05, 0) is 25.7 Å². The Labute approximate surface area is 107 Å². The summed E-state index contributed by atoms with van der Waals surface area (Å²) in [7, 11) is 2.00. The molecule has 0 aliphatic heterocycles. The van der Waals surface area contributed by atoms with Gasteiger partial charge in [0.05, 0.1) is 10.6 Å². The Bertz CT molecular complexity index is 375. The van der Waals surface area contributed by atoms with Crippen molar-refractivity contribution in [3.63, 3.8) is 0 Å². The molecule has 0 aliphatic rings. The van der Waals surface area contributed by atoms with Crippen LogP contribution in [0.4, 0.5) is 5.69 Å². The summed E-state index contributed by atoms with van der Waals surface area (Å²) in [5.74, 6) is -0.224. The molecule has 0 aromatic heterocycles. The second-order valence-corrected chi connectivity index (χ2v) is 4.26. The molecule has 0 saturated carbocycles. The molecule has 0 unspecified atom stereocenters. The minimum absolute atomic E-state index is 0.224. The van der Waals surface area contributed by atoms with Crippen LogP contribution in [0.2, 0.25) is 5.02 Å². The fraction of sp³-hybridized carbons (Fsp3) is 0.417. The molecule has 0 atom stereocenters. The maximum atomic E-state index is 11.9. The predicted octanol–water partition coefficient (Wildman–Crippen LogP) is 1.60. The van der Waals surface area contributed by atoms with Gasteiger partial charge in [0, 0.05) is 18.8 Å². The summed E-state index contributed by atoms with van der Waals surface area (Å²) in [6.07, 6.45) is 0. The molecule has 1 aromatic rings. The van der Waals surface area contributed by atoms with Crippen LogP contribution in [0.25, 0.3) is 0 Å². The Morgan fingerprint density at radius 1 is 1.53 bits per heavy atom. The van der Waals surface area contributed by atoms with E-state index in [-0.39, 0.29) is 5.91 Å². The van der Waals surface area contributed by atoms with Gasteiger partial charge >= 0.3 is 0 Å². The van der Waals surface area contributed by atoms with Crippen molar-refractivity contribution >= 4 is 23.2 Å². The summed E-state index contributed by atoms with van der Waals surface area (Å²) >= 11 is 5.94. The number of halogens is 1. The molecule has 0 spiro atoms. The third-order valence-corrected chi connectivity index (χ3v) is 2.91. The van der Waals surface area contributed by atoms with Crippen LogP contribution in [0.3, 0.4) is 0 Å². The Kier molecular flexibility index (Phi) is 5.25. The van der Waals surface area contributed by atoms with E-state index in [4.69, 9.17) is 17.3 Å². The van der Waals surface area contributed by atoms with Crippen LogP contribution < -0.4 is 11.1 Å². The fourth-order valence-corrected chi connectivity index (χ4v) is 1.65. The van der Waals surface area contributed by atoms with Crippen molar-refractivity contribution in [2.24, 2.45) is 0 Å². The van der Waals surface area contributed by atoms with Gasteiger partial charge in [-0.1, -0.05) is 24.6 Å². The smallest absolute Gasteiger partial charge is 0.254 e. The SMILES string of the molecule is CCN(C)CCNC(=O)c1c(N)cccc1Cl. The molecule has 0 radical (unpaired) electrons. The third-order valence-electron chi connectivity index (χ3n) is 2.59. The minimum atomic E-state index is -0.224. The highest BCUT2D eigenvalue weighted by Crippen LogP contribution is 2.21. The highest BCUT2D eigenvalue weighted by molar-refractivity contribution is 6.34. The Balaban J connectivity index is 2.59. The molecule has 17 heavy (non-hydrogen) atoms. The van der Waals surface area contributed by atoms with Crippen molar-refractivity contribution in [1.29, 1.82) is 0 Å². The molecule has 0 aliphatic carbocycles. The number of rotatable bonds is 5. The van der Waals surface area contributed by atoms with Crippen LogP contribution >= 0.6 is 11.6 Å². The molecule has 1 aromatic carbocycles. The predicted molar refractivity (Wildman–Crippen MR) is 71.4 cm³/mol. The van der Waals surface area contributed by atoms with Crippen molar-refractivity contribution in [3.8, 4) is 0 Å². The summed E-state index contributed by atoms with van der Waals surface area (Å²) in [6, 6.07) is 5.04. The number of carbonyl (C=O) groups is 1. The molecule has 5 heteroatoms. The molecule has 0 heterocycles. The van der Waals surface area contributed by atoms with Gasteiger partial charge in [-0.25, -0.2) is 0 Å². The van der Waals surface area contributed by atoms with E-state index in [0.717, 1.165) is 13.1 Å². The summed E-state index contributed by atoms with van der Waals surface area (Å²) in [6.45, 7) is 4.39. The number of nitrogen functional groups attached to an aromatic ring is 1. The molecule has 1 rings (SSSR count). The third kappa shape index (κ3) is 3.91. The van der Waals surface area contributed by atoms with E-state index in [2.05, 4.69) is 17.1 Å². The Morgan fingerprint density at radius 2 is 2.24 bits per heavy atom. The highest BCUT2D eigenvalue weighted by Gasteiger charge is 2.13. The van der Waals surface area contributed by atoms with Crippen LogP contribution in [0.1, 0.15) is 17.3 Å². The molecule has 0 saturated heterocycles. The lowest BCUT2D eigenvalue weighted by Crippen LogP contribution is -2.33. The zero-order chi connectivity index (χ0) is 12.8. The van der Waals surface area contributed by atoms with Gasteiger partial charge in [-0.15, -0.1) is 0 Å². The normalized spacial score (nSPS) is 10.6. The van der Waals surface area contributed by atoms with Crippen molar-refractivity contribution in [2.75, 3.05) is 32.4 Å². The first-order valence-electron chi connectivity index (χ1n) is 5.57. The van der Waals surface area contributed by atoms with Crippen LogP contribution in [-0.4, -0.2) is 37.5 Å². The number of benzene rings is 1. The fourth-order valence-electron chi connectivity index (χ4n) is 1.39. The standard InChI is InChI=1S/C12H18ClN3O/c1-3-16(2)8-7-15-12(17)11-9(13)5-4-6-10(11)14/h4-6H,3,7-8,14H2,1-2H3,(H,15,17). The Morgan fingerprint density at radius 3 is 2.82 bits per heavy atom. The quantitative estimate of drug-likeness (QED) is 0.786.